The van der Waals surface area contributed by atoms with Crippen molar-refractivity contribution in [2.75, 3.05) is 20.2 Å². The molecule has 1 aromatic carbocycles. The zero-order chi connectivity index (χ0) is 15.6. The molecular formula is C16H18N6O. The predicted molar refractivity (Wildman–Crippen MR) is 85.7 cm³/mol. The molecule has 0 unspecified atom stereocenters. The summed E-state index contributed by atoms with van der Waals surface area (Å²) in [5, 5.41) is 11.7. The van der Waals surface area contributed by atoms with Crippen LogP contribution in [0, 0.1) is 5.92 Å². The number of nitrogens with zero attached hydrogens (tertiary/aromatic N) is 5. The molecule has 118 valence electrons. The highest BCUT2D eigenvalue weighted by Gasteiger charge is 2.17. The molecule has 7 heteroatoms. The first-order chi connectivity index (χ1) is 11.3. The third kappa shape index (κ3) is 2.75. The number of nitrogens with one attached hydrogen (secondary N) is 1. The molecule has 0 radical (unpaired) electrons. The maximum Gasteiger partial charge on any atom is 0.187 e. The van der Waals surface area contributed by atoms with Crippen molar-refractivity contribution in [1.82, 2.24) is 30.3 Å². The number of rotatable bonds is 4. The first-order valence-electron chi connectivity index (χ1n) is 7.76. The van der Waals surface area contributed by atoms with E-state index in [1.165, 1.54) is 6.42 Å². The summed E-state index contributed by atoms with van der Waals surface area (Å²) in [6.07, 6.45) is 3.82. The van der Waals surface area contributed by atoms with Crippen LogP contribution in [0.2, 0.25) is 0 Å². The van der Waals surface area contributed by atoms with Crippen molar-refractivity contribution in [3.63, 3.8) is 0 Å². The van der Waals surface area contributed by atoms with Crippen molar-refractivity contribution in [2.24, 2.45) is 5.92 Å². The Morgan fingerprint density at radius 1 is 1.30 bits per heavy atom. The van der Waals surface area contributed by atoms with Crippen LogP contribution >= 0.6 is 0 Å². The van der Waals surface area contributed by atoms with Gasteiger partial charge in [-0.15, -0.1) is 5.10 Å². The summed E-state index contributed by atoms with van der Waals surface area (Å²) in [6, 6.07) is 7.68. The predicted octanol–water partition coefficient (Wildman–Crippen LogP) is 1.37. The Hall–Kier alpha value is -2.54. The summed E-state index contributed by atoms with van der Waals surface area (Å²) < 4.78 is 6.93. The second-order valence-electron chi connectivity index (χ2n) is 5.76. The Morgan fingerprint density at radius 3 is 2.91 bits per heavy atom. The van der Waals surface area contributed by atoms with Gasteiger partial charge in [0.25, 0.3) is 0 Å². The standard InChI is InChI=1S/C16H18N6O/c1-23-13-4-2-12(3-5-13)22-16-14(20-21-22)10-18-15(19-16)8-11-6-7-17-9-11/h2-5,10-11,17H,6-9H2,1H3/t11-/m0/s1. The van der Waals surface area contributed by atoms with Gasteiger partial charge in [0.1, 0.15) is 11.6 Å². The minimum absolute atomic E-state index is 0.609. The van der Waals surface area contributed by atoms with Crippen molar-refractivity contribution in [3.8, 4) is 11.4 Å². The first kappa shape index (κ1) is 14.1. The van der Waals surface area contributed by atoms with Crippen molar-refractivity contribution in [2.45, 2.75) is 12.8 Å². The summed E-state index contributed by atoms with van der Waals surface area (Å²) in [7, 11) is 1.65. The lowest BCUT2D eigenvalue weighted by Crippen LogP contribution is -2.12. The minimum atomic E-state index is 0.609. The molecule has 1 saturated heterocycles. The van der Waals surface area contributed by atoms with Gasteiger partial charge in [0.2, 0.25) is 0 Å². The van der Waals surface area contributed by atoms with E-state index in [1.807, 2.05) is 24.3 Å². The Labute approximate surface area is 133 Å². The lowest BCUT2D eigenvalue weighted by atomic mass is 10.0. The average molecular weight is 310 g/mol. The molecule has 0 spiro atoms. The number of ether oxygens (including phenoxy) is 1. The van der Waals surface area contributed by atoms with Gasteiger partial charge in [-0.25, -0.2) is 9.97 Å². The van der Waals surface area contributed by atoms with Crippen LogP contribution < -0.4 is 10.1 Å². The largest absolute Gasteiger partial charge is 0.497 e. The molecule has 7 nitrogen and oxygen atoms in total. The third-order valence-corrected chi connectivity index (χ3v) is 4.19. The summed E-state index contributed by atoms with van der Waals surface area (Å²) in [6.45, 7) is 2.12. The fraction of sp³-hybridized carbons (Fsp3) is 0.375. The molecule has 0 amide bonds. The second-order valence-corrected chi connectivity index (χ2v) is 5.76. The van der Waals surface area contributed by atoms with Crippen LogP contribution in [-0.2, 0) is 6.42 Å². The monoisotopic (exact) mass is 310 g/mol. The number of aromatic nitrogens is 5. The molecule has 0 aliphatic carbocycles. The number of hydrogen-bond donors (Lipinski definition) is 1. The zero-order valence-electron chi connectivity index (χ0n) is 12.9. The van der Waals surface area contributed by atoms with Crippen LogP contribution in [-0.4, -0.2) is 45.2 Å². The summed E-state index contributed by atoms with van der Waals surface area (Å²) in [4.78, 5) is 9.12. The van der Waals surface area contributed by atoms with Crippen LogP contribution in [0.25, 0.3) is 16.9 Å². The molecule has 1 aliphatic heterocycles. The van der Waals surface area contributed by atoms with E-state index in [0.29, 0.717) is 11.4 Å². The molecule has 1 fully saturated rings. The van der Waals surface area contributed by atoms with Crippen LogP contribution in [0.15, 0.2) is 30.5 Å². The van der Waals surface area contributed by atoms with Crippen LogP contribution in [0.4, 0.5) is 0 Å². The van der Waals surface area contributed by atoms with Crippen LogP contribution in [0.3, 0.4) is 0 Å². The minimum Gasteiger partial charge on any atom is -0.497 e. The number of benzene rings is 1. The van der Waals surface area contributed by atoms with Gasteiger partial charge in [0, 0.05) is 6.42 Å². The fourth-order valence-corrected chi connectivity index (χ4v) is 2.91. The Morgan fingerprint density at radius 2 is 2.17 bits per heavy atom. The highest BCUT2D eigenvalue weighted by atomic mass is 16.5. The molecule has 4 rings (SSSR count). The van der Waals surface area contributed by atoms with Crippen molar-refractivity contribution >= 4 is 11.2 Å². The number of hydrogen-bond acceptors (Lipinski definition) is 6. The molecule has 0 bridgehead atoms. The average Bonchev–Trinajstić information content (AvgIpc) is 3.24. The maximum atomic E-state index is 5.19. The third-order valence-electron chi connectivity index (χ3n) is 4.19. The van der Waals surface area contributed by atoms with Gasteiger partial charge in [0.05, 0.1) is 19.0 Å². The van der Waals surface area contributed by atoms with E-state index in [9.17, 15) is 0 Å². The highest BCUT2D eigenvalue weighted by molar-refractivity contribution is 5.70. The highest BCUT2D eigenvalue weighted by Crippen LogP contribution is 2.19. The SMILES string of the molecule is COc1ccc(-n2nnc3cnc(C[C@@H]4CCNC4)nc32)cc1. The topological polar surface area (TPSA) is 77.8 Å². The van der Waals surface area contributed by atoms with E-state index in [0.717, 1.165) is 42.4 Å². The smallest absolute Gasteiger partial charge is 0.187 e. The van der Waals surface area contributed by atoms with E-state index in [2.05, 4.69) is 25.6 Å². The van der Waals surface area contributed by atoms with E-state index < -0.39 is 0 Å². The molecule has 2 aromatic heterocycles. The van der Waals surface area contributed by atoms with Crippen molar-refractivity contribution in [3.05, 3.63) is 36.3 Å². The van der Waals surface area contributed by atoms with Crippen LogP contribution in [0.1, 0.15) is 12.2 Å². The zero-order valence-corrected chi connectivity index (χ0v) is 12.9. The quantitative estimate of drug-likeness (QED) is 0.784. The molecule has 1 atom stereocenters. The Kier molecular flexibility index (Phi) is 3.63. The van der Waals surface area contributed by atoms with Gasteiger partial charge in [-0.05, 0) is 49.7 Å². The van der Waals surface area contributed by atoms with Crippen LogP contribution in [0.5, 0.6) is 5.75 Å². The lowest BCUT2D eigenvalue weighted by molar-refractivity contribution is 0.414. The van der Waals surface area contributed by atoms with E-state index >= 15 is 0 Å². The van der Waals surface area contributed by atoms with Gasteiger partial charge in [-0.2, -0.15) is 4.68 Å². The van der Waals surface area contributed by atoms with Crippen molar-refractivity contribution in [1.29, 1.82) is 0 Å². The molecular weight excluding hydrogens is 292 g/mol. The van der Waals surface area contributed by atoms with Gasteiger partial charge in [-0.1, -0.05) is 5.21 Å². The van der Waals surface area contributed by atoms with Gasteiger partial charge >= 0.3 is 0 Å². The van der Waals surface area contributed by atoms with E-state index in [4.69, 9.17) is 4.74 Å². The molecule has 23 heavy (non-hydrogen) atoms. The van der Waals surface area contributed by atoms with E-state index in [-0.39, 0.29) is 0 Å². The molecule has 3 heterocycles. The first-order valence-corrected chi connectivity index (χ1v) is 7.76. The molecule has 3 aromatic rings. The molecule has 0 saturated carbocycles. The van der Waals surface area contributed by atoms with E-state index in [1.54, 1.807) is 18.0 Å². The Bertz CT molecular complexity index is 807. The molecule has 1 N–H and O–H groups in total. The second kappa shape index (κ2) is 5.92. The number of methoxy groups -OCH3 is 1. The van der Waals surface area contributed by atoms with Crippen molar-refractivity contribution < 1.29 is 4.74 Å². The van der Waals surface area contributed by atoms with Gasteiger partial charge in [0.15, 0.2) is 11.2 Å². The maximum absolute atomic E-state index is 5.19. The normalized spacial score (nSPS) is 17.7. The van der Waals surface area contributed by atoms with Gasteiger partial charge in [-0.3, -0.25) is 0 Å². The Balaban J connectivity index is 1.68. The number of fused-ring (bicyclic) bond motifs is 1. The summed E-state index contributed by atoms with van der Waals surface area (Å²) in [5.41, 5.74) is 2.35. The fourth-order valence-electron chi connectivity index (χ4n) is 2.91. The summed E-state index contributed by atoms with van der Waals surface area (Å²) >= 11 is 0. The lowest BCUT2D eigenvalue weighted by Gasteiger charge is -2.07. The van der Waals surface area contributed by atoms with Gasteiger partial charge < -0.3 is 10.1 Å². The molecule has 1 aliphatic rings. The summed E-state index contributed by atoms with van der Waals surface area (Å²) in [5.74, 6) is 2.27.